The Morgan fingerprint density at radius 2 is 1.89 bits per heavy atom. The number of hydrogen-bond donors (Lipinski definition) is 1. The lowest BCUT2D eigenvalue weighted by Crippen LogP contribution is -2.65. The zero-order valence-corrected chi connectivity index (χ0v) is 13.2. The van der Waals surface area contributed by atoms with Crippen LogP contribution in [0.5, 0.6) is 0 Å². The standard InChI is InChI=1S/C17H33NO/c1-4-10-14(5-2)18-15-13-16(19-6-3)17(15)11-8-7-9-12-17/h14-16,18H,4-13H2,1-3H3. The van der Waals surface area contributed by atoms with Gasteiger partial charge in [-0.05, 0) is 39.0 Å². The van der Waals surface area contributed by atoms with E-state index in [9.17, 15) is 0 Å². The minimum atomic E-state index is 0.482. The van der Waals surface area contributed by atoms with Crippen molar-refractivity contribution < 1.29 is 4.74 Å². The molecule has 3 unspecified atom stereocenters. The van der Waals surface area contributed by atoms with Crippen molar-refractivity contribution in [1.82, 2.24) is 5.32 Å². The van der Waals surface area contributed by atoms with Gasteiger partial charge >= 0.3 is 0 Å². The van der Waals surface area contributed by atoms with Crippen LogP contribution in [0, 0.1) is 5.41 Å². The van der Waals surface area contributed by atoms with Crippen LogP contribution in [0.1, 0.15) is 78.6 Å². The van der Waals surface area contributed by atoms with Crippen molar-refractivity contribution in [1.29, 1.82) is 0 Å². The molecule has 0 aromatic carbocycles. The molecule has 0 aliphatic heterocycles. The van der Waals surface area contributed by atoms with Crippen LogP contribution in [0.25, 0.3) is 0 Å². The van der Waals surface area contributed by atoms with Gasteiger partial charge in [0.25, 0.3) is 0 Å². The van der Waals surface area contributed by atoms with Gasteiger partial charge in [-0.25, -0.2) is 0 Å². The van der Waals surface area contributed by atoms with Gasteiger partial charge in [0.15, 0.2) is 0 Å². The second-order valence-corrected chi connectivity index (χ2v) is 6.59. The first-order valence-corrected chi connectivity index (χ1v) is 8.64. The van der Waals surface area contributed by atoms with Gasteiger partial charge in [0.05, 0.1) is 6.10 Å². The summed E-state index contributed by atoms with van der Waals surface area (Å²) in [4.78, 5) is 0. The van der Waals surface area contributed by atoms with E-state index in [2.05, 4.69) is 26.1 Å². The van der Waals surface area contributed by atoms with E-state index >= 15 is 0 Å². The van der Waals surface area contributed by atoms with Crippen LogP contribution < -0.4 is 5.32 Å². The zero-order valence-electron chi connectivity index (χ0n) is 13.2. The first-order valence-electron chi connectivity index (χ1n) is 8.64. The fourth-order valence-electron chi connectivity index (χ4n) is 4.34. The Balaban J connectivity index is 1.96. The molecule has 3 atom stereocenters. The highest BCUT2D eigenvalue weighted by molar-refractivity contribution is 5.09. The van der Waals surface area contributed by atoms with Crippen LogP contribution >= 0.6 is 0 Å². The average Bonchev–Trinajstić information content (AvgIpc) is 2.46. The Bertz CT molecular complexity index is 260. The molecule has 2 saturated carbocycles. The molecular formula is C17H33NO. The Morgan fingerprint density at radius 3 is 2.47 bits per heavy atom. The smallest absolute Gasteiger partial charge is 0.0661 e. The highest BCUT2D eigenvalue weighted by Gasteiger charge is 2.55. The van der Waals surface area contributed by atoms with E-state index < -0.39 is 0 Å². The third-order valence-electron chi connectivity index (χ3n) is 5.50. The van der Waals surface area contributed by atoms with Crippen LogP contribution in [0.15, 0.2) is 0 Å². The number of nitrogens with one attached hydrogen (secondary N) is 1. The molecule has 1 N–H and O–H groups in total. The molecule has 2 fully saturated rings. The molecule has 1 spiro atoms. The fraction of sp³-hybridized carbons (Fsp3) is 1.00. The first kappa shape index (κ1) is 15.3. The maximum atomic E-state index is 6.04. The molecule has 0 amide bonds. The summed E-state index contributed by atoms with van der Waals surface area (Å²) in [5, 5.41) is 3.97. The second-order valence-electron chi connectivity index (χ2n) is 6.59. The maximum Gasteiger partial charge on any atom is 0.0661 e. The van der Waals surface area contributed by atoms with Crippen molar-refractivity contribution in [2.24, 2.45) is 5.41 Å². The van der Waals surface area contributed by atoms with E-state index in [4.69, 9.17) is 4.74 Å². The van der Waals surface area contributed by atoms with Crippen LogP contribution in [0.4, 0.5) is 0 Å². The van der Waals surface area contributed by atoms with Crippen molar-refractivity contribution in [3.63, 3.8) is 0 Å². The normalized spacial score (nSPS) is 31.1. The molecule has 2 rings (SSSR count). The van der Waals surface area contributed by atoms with Gasteiger partial charge in [0.2, 0.25) is 0 Å². The largest absolute Gasteiger partial charge is 0.378 e. The molecule has 0 aromatic rings. The van der Waals surface area contributed by atoms with Crippen LogP contribution in [0.2, 0.25) is 0 Å². The van der Waals surface area contributed by atoms with Crippen LogP contribution in [0.3, 0.4) is 0 Å². The molecule has 2 nitrogen and oxygen atoms in total. The molecule has 112 valence electrons. The minimum Gasteiger partial charge on any atom is -0.378 e. The van der Waals surface area contributed by atoms with Crippen molar-refractivity contribution in [2.45, 2.75) is 96.7 Å². The lowest BCUT2D eigenvalue weighted by Gasteiger charge is -2.58. The fourth-order valence-corrected chi connectivity index (χ4v) is 4.34. The third-order valence-corrected chi connectivity index (χ3v) is 5.50. The highest BCUT2D eigenvalue weighted by atomic mass is 16.5. The van der Waals surface area contributed by atoms with Crippen molar-refractivity contribution in [2.75, 3.05) is 6.61 Å². The third kappa shape index (κ3) is 3.16. The van der Waals surface area contributed by atoms with Crippen LogP contribution in [-0.2, 0) is 4.74 Å². The summed E-state index contributed by atoms with van der Waals surface area (Å²) in [7, 11) is 0. The predicted octanol–water partition coefficient (Wildman–Crippen LogP) is 4.28. The van der Waals surface area contributed by atoms with E-state index in [1.165, 1.54) is 57.8 Å². The zero-order chi connectivity index (χ0) is 13.7. The number of hydrogen-bond acceptors (Lipinski definition) is 2. The topological polar surface area (TPSA) is 21.3 Å². The molecular weight excluding hydrogens is 234 g/mol. The van der Waals surface area contributed by atoms with E-state index in [-0.39, 0.29) is 0 Å². The lowest BCUT2D eigenvalue weighted by molar-refractivity contribution is -0.152. The molecule has 0 radical (unpaired) electrons. The van der Waals surface area contributed by atoms with Crippen LogP contribution in [-0.4, -0.2) is 24.8 Å². The predicted molar refractivity (Wildman–Crippen MR) is 81.5 cm³/mol. The molecule has 19 heavy (non-hydrogen) atoms. The Morgan fingerprint density at radius 1 is 1.16 bits per heavy atom. The monoisotopic (exact) mass is 267 g/mol. The van der Waals surface area contributed by atoms with Gasteiger partial charge < -0.3 is 10.1 Å². The molecule has 0 saturated heterocycles. The van der Waals surface area contributed by atoms with Gasteiger partial charge in [0.1, 0.15) is 0 Å². The molecule has 2 aliphatic rings. The maximum absolute atomic E-state index is 6.04. The van der Waals surface area contributed by atoms with Crippen molar-refractivity contribution in [3.8, 4) is 0 Å². The highest BCUT2D eigenvalue weighted by Crippen LogP contribution is 2.53. The Hall–Kier alpha value is -0.0800. The first-order chi connectivity index (χ1) is 9.26. The van der Waals surface area contributed by atoms with E-state index in [1.54, 1.807) is 0 Å². The van der Waals surface area contributed by atoms with Gasteiger partial charge in [-0.1, -0.05) is 39.5 Å². The summed E-state index contributed by atoms with van der Waals surface area (Å²) in [6.45, 7) is 7.64. The number of ether oxygens (including phenoxy) is 1. The summed E-state index contributed by atoms with van der Waals surface area (Å²) >= 11 is 0. The van der Waals surface area contributed by atoms with Gasteiger partial charge in [-0.3, -0.25) is 0 Å². The van der Waals surface area contributed by atoms with E-state index in [1.807, 2.05) is 0 Å². The van der Waals surface area contributed by atoms with Crippen molar-refractivity contribution in [3.05, 3.63) is 0 Å². The van der Waals surface area contributed by atoms with E-state index in [0.29, 0.717) is 11.5 Å². The Labute approximate surface area is 119 Å². The summed E-state index contributed by atoms with van der Waals surface area (Å²) in [6.07, 6.45) is 12.7. The quantitative estimate of drug-likeness (QED) is 0.743. The van der Waals surface area contributed by atoms with Crippen molar-refractivity contribution >= 4 is 0 Å². The summed E-state index contributed by atoms with van der Waals surface area (Å²) < 4.78 is 6.04. The molecule has 0 heterocycles. The average molecular weight is 267 g/mol. The molecule has 2 heteroatoms. The van der Waals surface area contributed by atoms with Gasteiger partial charge in [0, 0.05) is 24.1 Å². The molecule has 0 bridgehead atoms. The van der Waals surface area contributed by atoms with Gasteiger partial charge in [-0.15, -0.1) is 0 Å². The summed E-state index contributed by atoms with van der Waals surface area (Å²) in [6, 6.07) is 1.44. The SMILES string of the molecule is CCCC(CC)NC1CC(OCC)C12CCCCC2. The molecule has 2 aliphatic carbocycles. The van der Waals surface area contributed by atoms with E-state index in [0.717, 1.165) is 18.7 Å². The number of rotatable bonds is 7. The van der Waals surface area contributed by atoms with Gasteiger partial charge in [-0.2, -0.15) is 0 Å². The minimum absolute atomic E-state index is 0.482. The summed E-state index contributed by atoms with van der Waals surface area (Å²) in [5.74, 6) is 0. The molecule has 0 aromatic heterocycles. The summed E-state index contributed by atoms with van der Waals surface area (Å²) in [5.41, 5.74) is 0.482. The lowest BCUT2D eigenvalue weighted by atomic mass is 9.55. The second kappa shape index (κ2) is 7.08. The Kier molecular flexibility index (Phi) is 5.70.